The first-order chi connectivity index (χ1) is 17.1. The third-order valence-electron chi connectivity index (χ3n) is 6.08. The number of terminal acetylenes is 1. The fourth-order valence-corrected chi connectivity index (χ4v) is 4.41. The molecule has 0 saturated carbocycles. The largest absolute Gasteiger partial charge is 0.495 e. The number of hydrogen-bond acceptors (Lipinski definition) is 6. The van der Waals surface area contributed by atoms with E-state index >= 15 is 0 Å². The molecule has 1 heterocycles. The summed E-state index contributed by atoms with van der Waals surface area (Å²) >= 11 is 0. The summed E-state index contributed by atoms with van der Waals surface area (Å²) in [6.07, 6.45) is 10.7. The predicted octanol–water partition coefficient (Wildman–Crippen LogP) is 5.30. The van der Waals surface area contributed by atoms with E-state index in [9.17, 15) is 4.79 Å². The molecule has 3 rings (SSSR count). The molecule has 188 valence electrons. The first kappa shape index (κ1) is 26.3. The Labute approximate surface area is 208 Å². The van der Waals surface area contributed by atoms with E-state index in [0.717, 1.165) is 71.6 Å². The van der Waals surface area contributed by atoms with Crippen LogP contribution in [0.1, 0.15) is 61.8 Å². The van der Waals surface area contributed by atoms with Crippen LogP contribution in [-0.4, -0.2) is 39.5 Å². The summed E-state index contributed by atoms with van der Waals surface area (Å²) in [4.78, 5) is 12.0. The van der Waals surface area contributed by atoms with Gasteiger partial charge in [-0.3, -0.25) is 0 Å². The average Bonchev–Trinajstić information content (AvgIpc) is 2.89. The van der Waals surface area contributed by atoms with Crippen molar-refractivity contribution in [1.29, 1.82) is 0 Å². The third kappa shape index (κ3) is 6.22. The van der Waals surface area contributed by atoms with Gasteiger partial charge in [0.2, 0.25) is 0 Å². The Kier molecular flexibility index (Phi) is 9.72. The lowest BCUT2D eigenvalue weighted by Crippen LogP contribution is -2.32. The molecule has 2 aromatic rings. The van der Waals surface area contributed by atoms with Gasteiger partial charge in [-0.1, -0.05) is 38.7 Å². The van der Waals surface area contributed by atoms with Crippen LogP contribution in [0.4, 0.5) is 0 Å². The van der Waals surface area contributed by atoms with Crippen LogP contribution in [0.2, 0.25) is 0 Å². The molecule has 1 unspecified atom stereocenters. The lowest BCUT2D eigenvalue weighted by molar-refractivity contribution is -0.149. The molecule has 0 N–H and O–H groups in total. The molecule has 35 heavy (non-hydrogen) atoms. The number of benzene rings is 2. The normalized spacial score (nSPS) is 14.3. The molecule has 0 aliphatic carbocycles. The highest BCUT2D eigenvalue weighted by Crippen LogP contribution is 2.38. The fourth-order valence-electron chi connectivity index (χ4n) is 4.41. The quantitative estimate of drug-likeness (QED) is 0.234. The van der Waals surface area contributed by atoms with Crippen LogP contribution in [0.3, 0.4) is 0 Å². The van der Waals surface area contributed by atoms with Crippen LogP contribution in [-0.2, 0) is 28.8 Å². The van der Waals surface area contributed by atoms with Gasteiger partial charge in [-0.05, 0) is 49.4 Å². The number of methoxy groups -OCH3 is 2. The van der Waals surface area contributed by atoms with E-state index in [4.69, 9.17) is 30.1 Å². The average molecular weight is 481 g/mol. The van der Waals surface area contributed by atoms with Gasteiger partial charge in [0.15, 0.2) is 6.10 Å². The minimum atomic E-state index is -0.568. The van der Waals surface area contributed by atoms with Gasteiger partial charge in [-0.2, -0.15) is 0 Å². The first-order valence-corrected chi connectivity index (χ1v) is 12.4. The SMILES string of the molecule is C#Cc1ccc(OCCCOc2ccc3c(c2CCC)OC(C(=O)OC)CC3)c(CCC)c1OC. The second-order valence-corrected chi connectivity index (χ2v) is 8.52. The maximum Gasteiger partial charge on any atom is 0.347 e. The molecule has 0 radical (unpaired) electrons. The maximum atomic E-state index is 12.0. The fraction of sp³-hybridized carbons (Fsp3) is 0.483. The van der Waals surface area contributed by atoms with Crippen molar-refractivity contribution >= 4 is 5.97 Å². The molecule has 0 spiro atoms. The van der Waals surface area contributed by atoms with E-state index in [-0.39, 0.29) is 5.97 Å². The zero-order valence-corrected chi connectivity index (χ0v) is 21.3. The molecule has 1 atom stereocenters. The Morgan fingerprint density at radius 1 is 1.03 bits per heavy atom. The molecule has 2 aromatic carbocycles. The van der Waals surface area contributed by atoms with Gasteiger partial charge in [0.05, 0.1) is 33.0 Å². The molecule has 0 fully saturated rings. The number of esters is 1. The molecule has 0 aromatic heterocycles. The van der Waals surface area contributed by atoms with Crippen LogP contribution in [0.15, 0.2) is 24.3 Å². The van der Waals surface area contributed by atoms with Gasteiger partial charge in [0.25, 0.3) is 0 Å². The van der Waals surface area contributed by atoms with Crippen molar-refractivity contribution in [3.63, 3.8) is 0 Å². The van der Waals surface area contributed by atoms with Gasteiger partial charge in [0.1, 0.15) is 23.0 Å². The van der Waals surface area contributed by atoms with Crippen molar-refractivity contribution in [3.05, 3.63) is 46.5 Å². The molecule has 0 saturated heterocycles. The number of ether oxygens (including phenoxy) is 5. The summed E-state index contributed by atoms with van der Waals surface area (Å²) in [6, 6.07) is 7.82. The van der Waals surface area contributed by atoms with Crippen LogP contribution < -0.4 is 18.9 Å². The van der Waals surface area contributed by atoms with Gasteiger partial charge < -0.3 is 23.7 Å². The van der Waals surface area contributed by atoms with E-state index < -0.39 is 6.10 Å². The highest BCUT2D eigenvalue weighted by atomic mass is 16.6. The standard InChI is InChI=1S/C29H36O6/c1-6-10-22-24(15-12-20(8-3)27(22)31-4)33-18-9-19-34-25-16-13-21-14-17-26(29(30)32-5)35-28(21)23(25)11-7-2/h3,12-13,15-16,26H,6-7,9-11,14,17-19H2,1-2,4-5H3. The monoisotopic (exact) mass is 480 g/mol. The Hall–Kier alpha value is -3.33. The van der Waals surface area contributed by atoms with Crippen molar-refractivity contribution in [2.24, 2.45) is 0 Å². The van der Waals surface area contributed by atoms with E-state index in [0.29, 0.717) is 31.8 Å². The highest BCUT2D eigenvalue weighted by molar-refractivity contribution is 5.75. The van der Waals surface area contributed by atoms with Gasteiger partial charge >= 0.3 is 5.97 Å². The molecular weight excluding hydrogens is 444 g/mol. The molecule has 6 nitrogen and oxygen atoms in total. The van der Waals surface area contributed by atoms with E-state index in [2.05, 4.69) is 19.8 Å². The van der Waals surface area contributed by atoms with Gasteiger partial charge in [-0.25, -0.2) is 4.79 Å². The van der Waals surface area contributed by atoms with E-state index in [1.807, 2.05) is 24.3 Å². The summed E-state index contributed by atoms with van der Waals surface area (Å²) in [6.45, 7) is 5.23. The smallest absolute Gasteiger partial charge is 0.347 e. The Bertz CT molecular complexity index is 1050. The molecule has 1 aliphatic rings. The second kappa shape index (κ2) is 12.9. The Morgan fingerprint density at radius 3 is 2.31 bits per heavy atom. The van der Waals surface area contributed by atoms with Crippen LogP contribution in [0.25, 0.3) is 0 Å². The summed E-state index contributed by atoms with van der Waals surface area (Å²) in [5, 5.41) is 0. The second-order valence-electron chi connectivity index (χ2n) is 8.52. The van der Waals surface area contributed by atoms with Crippen molar-refractivity contribution < 1.29 is 28.5 Å². The topological polar surface area (TPSA) is 63.2 Å². The number of aryl methyl sites for hydroxylation is 1. The van der Waals surface area contributed by atoms with Crippen LogP contribution in [0, 0.1) is 12.3 Å². The van der Waals surface area contributed by atoms with Crippen molar-refractivity contribution in [1.82, 2.24) is 0 Å². The van der Waals surface area contributed by atoms with Crippen molar-refractivity contribution in [2.75, 3.05) is 27.4 Å². The zero-order chi connectivity index (χ0) is 25.2. The summed E-state index contributed by atoms with van der Waals surface area (Å²) in [5.74, 6) is 5.42. The summed E-state index contributed by atoms with van der Waals surface area (Å²) in [7, 11) is 3.02. The lowest BCUT2D eigenvalue weighted by Gasteiger charge is -2.27. The Morgan fingerprint density at radius 2 is 1.69 bits per heavy atom. The van der Waals surface area contributed by atoms with Crippen LogP contribution in [0.5, 0.6) is 23.0 Å². The molecule has 0 amide bonds. The summed E-state index contributed by atoms with van der Waals surface area (Å²) < 4.78 is 28.8. The number of carbonyl (C=O) groups excluding carboxylic acids is 1. The van der Waals surface area contributed by atoms with Gasteiger partial charge in [0, 0.05) is 17.5 Å². The number of hydrogen-bond donors (Lipinski definition) is 0. The number of carbonyl (C=O) groups is 1. The van der Waals surface area contributed by atoms with Crippen molar-refractivity contribution in [3.8, 4) is 35.3 Å². The minimum absolute atomic E-state index is 0.337. The predicted molar refractivity (Wildman–Crippen MR) is 136 cm³/mol. The Balaban J connectivity index is 1.64. The molecule has 1 aliphatic heterocycles. The number of fused-ring (bicyclic) bond motifs is 1. The first-order valence-electron chi connectivity index (χ1n) is 12.4. The number of rotatable bonds is 12. The van der Waals surface area contributed by atoms with Crippen LogP contribution >= 0.6 is 0 Å². The zero-order valence-electron chi connectivity index (χ0n) is 21.3. The molecule has 6 heteroatoms. The van der Waals surface area contributed by atoms with Crippen molar-refractivity contribution in [2.45, 2.75) is 64.9 Å². The summed E-state index contributed by atoms with van der Waals surface area (Å²) in [5.41, 5.74) is 3.86. The van der Waals surface area contributed by atoms with E-state index in [1.54, 1.807) is 7.11 Å². The minimum Gasteiger partial charge on any atom is -0.495 e. The highest BCUT2D eigenvalue weighted by Gasteiger charge is 2.29. The van der Waals surface area contributed by atoms with E-state index in [1.165, 1.54) is 7.11 Å². The maximum absolute atomic E-state index is 12.0. The lowest BCUT2D eigenvalue weighted by atomic mass is 9.96. The molecular formula is C29H36O6. The van der Waals surface area contributed by atoms with Gasteiger partial charge in [-0.15, -0.1) is 6.42 Å². The third-order valence-corrected chi connectivity index (χ3v) is 6.08. The molecule has 0 bridgehead atoms.